The SMILES string of the molecule is CS(=O)(=O)N1CCN(C(=O)CCc2ccccc2)C[C@@H](Cc2ccccn2)C1. The summed E-state index contributed by atoms with van der Waals surface area (Å²) in [7, 11) is -3.30. The summed E-state index contributed by atoms with van der Waals surface area (Å²) in [5.41, 5.74) is 2.05. The van der Waals surface area contributed by atoms with Crippen LogP contribution in [-0.2, 0) is 27.7 Å². The number of rotatable bonds is 6. The van der Waals surface area contributed by atoms with Crippen LogP contribution in [0, 0.1) is 5.92 Å². The van der Waals surface area contributed by atoms with E-state index in [1.54, 1.807) is 6.20 Å². The summed E-state index contributed by atoms with van der Waals surface area (Å²) in [5.74, 6) is 0.0954. The number of nitrogens with zero attached hydrogens (tertiary/aromatic N) is 3. The van der Waals surface area contributed by atoms with Crippen LogP contribution in [0.15, 0.2) is 54.7 Å². The molecular weight excluding hydrogens is 374 g/mol. The molecule has 2 heterocycles. The number of hydrogen-bond acceptors (Lipinski definition) is 4. The van der Waals surface area contributed by atoms with Gasteiger partial charge in [-0.05, 0) is 36.5 Å². The Kier molecular flexibility index (Phi) is 6.80. The first-order chi connectivity index (χ1) is 13.4. The maximum Gasteiger partial charge on any atom is 0.222 e. The third kappa shape index (κ3) is 5.87. The number of pyridine rings is 1. The zero-order chi connectivity index (χ0) is 20.0. The molecule has 28 heavy (non-hydrogen) atoms. The summed E-state index contributed by atoms with van der Waals surface area (Å²) in [6.07, 6.45) is 4.74. The first-order valence-corrected chi connectivity index (χ1v) is 11.4. The lowest BCUT2D eigenvalue weighted by molar-refractivity contribution is -0.131. The van der Waals surface area contributed by atoms with E-state index in [0.29, 0.717) is 45.4 Å². The molecule has 0 aliphatic carbocycles. The molecule has 0 radical (unpaired) electrons. The van der Waals surface area contributed by atoms with Crippen LogP contribution in [0.1, 0.15) is 17.7 Å². The molecule has 1 aromatic carbocycles. The van der Waals surface area contributed by atoms with E-state index < -0.39 is 10.0 Å². The fourth-order valence-corrected chi connectivity index (χ4v) is 4.49. The summed E-state index contributed by atoms with van der Waals surface area (Å²) in [6.45, 7) is 1.74. The molecule has 1 amide bonds. The van der Waals surface area contributed by atoms with Crippen molar-refractivity contribution in [2.45, 2.75) is 19.3 Å². The molecule has 1 aliphatic heterocycles. The first-order valence-electron chi connectivity index (χ1n) is 9.58. The second kappa shape index (κ2) is 9.30. The van der Waals surface area contributed by atoms with Crippen LogP contribution in [0.25, 0.3) is 0 Å². The number of amides is 1. The molecule has 1 atom stereocenters. The molecule has 0 N–H and O–H groups in total. The molecule has 7 heteroatoms. The summed E-state index contributed by atoms with van der Waals surface area (Å²) < 4.78 is 25.8. The van der Waals surface area contributed by atoms with Crippen LogP contribution in [0.5, 0.6) is 0 Å². The number of hydrogen-bond donors (Lipinski definition) is 0. The van der Waals surface area contributed by atoms with Gasteiger partial charge in [-0.3, -0.25) is 9.78 Å². The quantitative estimate of drug-likeness (QED) is 0.742. The Morgan fingerprint density at radius 3 is 2.50 bits per heavy atom. The van der Waals surface area contributed by atoms with E-state index in [9.17, 15) is 13.2 Å². The fourth-order valence-electron chi connectivity index (χ4n) is 3.60. The van der Waals surface area contributed by atoms with Gasteiger partial charge in [0.15, 0.2) is 0 Å². The Labute approximate surface area is 167 Å². The molecular formula is C21H27N3O3S. The lowest BCUT2D eigenvalue weighted by Gasteiger charge is -2.24. The van der Waals surface area contributed by atoms with E-state index in [4.69, 9.17) is 0 Å². The Bertz CT molecular complexity index is 872. The number of carbonyl (C=O) groups is 1. The molecule has 3 rings (SSSR count). The van der Waals surface area contributed by atoms with Gasteiger partial charge in [0.25, 0.3) is 0 Å². The first kappa shape index (κ1) is 20.5. The molecule has 1 aromatic heterocycles. The van der Waals surface area contributed by atoms with Crippen molar-refractivity contribution in [1.82, 2.24) is 14.2 Å². The van der Waals surface area contributed by atoms with Crippen molar-refractivity contribution in [1.29, 1.82) is 0 Å². The highest BCUT2D eigenvalue weighted by atomic mass is 32.2. The predicted octanol–water partition coefficient (Wildman–Crippen LogP) is 1.98. The second-order valence-electron chi connectivity index (χ2n) is 7.34. The van der Waals surface area contributed by atoms with Gasteiger partial charge in [0.05, 0.1) is 6.26 Å². The predicted molar refractivity (Wildman–Crippen MR) is 109 cm³/mol. The molecule has 150 valence electrons. The molecule has 0 bridgehead atoms. The summed E-state index contributed by atoms with van der Waals surface area (Å²) in [5, 5.41) is 0. The van der Waals surface area contributed by atoms with Gasteiger partial charge < -0.3 is 4.90 Å². The van der Waals surface area contributed by atoms with E-state index in [1.165, 1.54) is 10.6 Å². The lowest BCUT2D eigenvalue weighted by atomic mass is 10.0. The van der Waals surface area contributed by atoms with Crippen LogP contribution >= 0.6 is 0 Å². The lowest BCUT2D eigenvalue weighted by Crippen LogP contribution is -2.37. The van der Waals surface area contributed by atoms with Crippen molar-refractivity contribution in [2.24, 2.45) is 5.92 Å². The van der Waals surface area contributed by atoms with Crippen molar-refractivity contribution >= 4 is 15.9 Å². The molecule has 1 saturated heterocycles. The highest BCUT2D eigenvalue weighted by Gasteiger charge is 2.29. The van der Waals surface area contributed by atoms with E-state index in [1.807, 2.05) is 53.4 Å². The van der Waals surface area contributed by atoms with Crippen LogP contribution in [0.4, 0.5) is 0 Å². The Hall–Kier alpha value is -2.25. The van der Waals surface area contributed by atoms with Crippen LogP contribution < -0.4 is 0 Å². The van der Waals surface area contributed by atoms with Gasteiger partial charge in [-0.2, -0.15) is 0 Å². The number of aromatic nitrogens is 1. The van der Waals surface area contributed by atoms with Crippen molar-refractivity contribution < 1.29 is 13.2 Å². The summed E-state index contributed by atoms with van der Waals surface area (Å²) in [6, 6.07) is 15.7. The number of aryl methyl sites for hydroxylation is 1. The number of carbonyl (C=O) groups excluding carboxylic acids is 1. The van der Waals surface area contributed by atoms with Crippen molar-refractivity contribution in [3.63, 3.8) is 0 Å². The Balaban J connectivity index is 1.69. The average Bonchev–Trinajstić information content (AvgIpc) is 2.90. The number of sulfonamides is 1. The standard InChI is InChI=1S/C21H27N3O3S/c1-28(26,27)24-14-13-23(21(25)11-10-18-7-3-2-4-8-18)16-19(17-24)15-20-9-5-6-12-22-20/h2-9,12,19H,10-11,13-17H2,1H3/t19-/m1/s1. The highest BCUT2D eigenvalue weighted by molar-refractivity contribution is 7.88. The van der Waals surface area contributed by atoms with Crippen LogP contribution in [0.3, 0.4) is 0 Å². The monoisotopic (exact) mass is 401 g/mol. The Morgan fingerprint density at radius 2 is 1.82 bits per heavy atom. The van der Waals surface area contributed by atoms with Gasteiger partial charge in [0.1, 0.15) is 0 Å². The van der Waals surface area contributed by atoms with Crippen molar-refractivity contribution in [2.75, 3.05) is 32.4 Å². The van der Waals surface area contributed by atoms with E-state index in [2.05, 4.69) is 4.98 Å². The minimum absolute atomic E-state index is 0.0211. The number of benzene rings is 1. The maximum absolute atomic E-state index is 12.8. The average molecular weight is 402 g/mol. The van der Waals surface area contributed by atoms with E-state index in [0.717, 1.165) is 11.3 Å². The van der Waals surface area contributed by atoms with Crippen molar-refractivity contribution in [3.05, 3.63) is 66.0 Å². The summed E-state index contributed by atoms with van der Waals surface area (Å²) >= 11 is 0. The third-order valence-corrected chi connectivity index (χ3v) is 6.35. The minimum Gasteiger partial charge on any atom is -0.341 e. The van der Waals surface area contributed by atoms with Crippen molar-refractivity contribution in [3.8, 4) is 0 Å². The molecule has 0 spiro atoms. The van der Waals surface area contributed by atoms with Gasteiger partial charge in [-0.15, -0.1) is 0 Å². The van der Waals surface area contributed by atoms with Gasteiger partial charge in [0.2, 0.25) is 15.9 Å². The maximum atomic E-state index is 12.8. The molecule has 2 aromatic rings. The van der Waals surface area contributed by atoms with Gasteiger partial charge >= 0.3 is 0 Å². The smallest absolute Gasteiger partial charge is 0.222 e. The zero-order valence-electron chi connectivity index (χ0n) is 16.2. The highest BCUT2D eigenvalue weighted by Crippen LogP contribution is 2.18. The zero-order valence-corrected chi connectivity index (χ0v) is 17.0. The Morgan fingerprint density at radius 1 is 1.07 bits per heavy atom. The van der Waals surface area contributed by atoms with Crippen LogP contribution in [-0.4, -0.2) is 60.9 Å². The molecule has 0 unspecified atom stereocenters. The normalized spacial score (nSPS) is 18.6. The van der Waals surface area contributed by atoms with Gasteiger partial charge in [-0.25, -0.2) is 12.7 Å². The molecule has 0 saturated carbocycles. The topological polar surface area (TPSA) is 70.6 Å². The van der Waals surface area contributed by atoms with E-state index >= 15 is 0 Å². The second-order valence-corrected chi connectivity index (χ2v) is 9.32. The fraction of sp³-hybridized carbons (Fsp3) is 0.429. The molecule has 1 fully saturated rings. The third-order valence-electron chi connectivity index (χ3n) is 5.08. The molecule has 6 nitrogen and oxygen atoms in total. The van der Waals surface area contributed by atoms with Gasteiger partial charge in [0, 0.05) is 44.5 Å². The minimum atomic E-state index is -3.30. The van der Waals surface area contributed by atoms with Crippen LogP contribution in [0.2, 0.25) is 0 Å². The summed E-state index contributed by atoms with van der Waals surface area (Å²) in [4.78, 5) is 19.0. The molecule has 1 aliphatic rings. The van der Waals surface area contributed by atoms with Gasteiger partial charge in [-0.1, -0.05) is 36.4 Å². The van der Waals surface area contributed by atoms with E-state index in [-0.39, 0.29) is 11.8 Å². The largest absolute Gasteiger partial charge is 0.341 e.